The van der Waals surface area contributed by atoms with E-state index in [1.807, 2.05) is 20.8 Å². The quantitative estimate of drug-likeness (QED) is 0.450. The van der Waals surface area contributed by atoms with Crippen LogP contribution in [-0.4, -0.2) is 32.6 Å². The van der Waals surface area contributed by atoms with Crippen LogP contribution in [0.5, 0.6) is 0 Å². The second kappa shape index (κ2) is 4.54. The molecule has 7 heteroatoms. The number of tetrazole rings is 1. The van der Waals surface area contributed by atoms with Crippen LogP contribution in [0.3, 0.4) is 0 Å². The van der Waals surface area contributed by atoms with Crippen molar-refractivity contribution in [2.45, 2.75) is 32.9 Å². The molecule has 1 rings (SSSR count). The van der Waals surface area contributed by atoms with Crippen molar-refractivity contribution in [1.82, 2.24) is 25.9 Å². The molecule has 0 aliphatic heterocycles. The van der Waals surface area contributed by atoms with Crippen molar-refractivity contribution in [3.05, 3.63) is 5.82 Å². The molecule has 0 aromatic carbocycles. The van der Waals surface area contributed by atoms with Gasteiger partial charge in [0.05, 0.1) is 0 Å². The molecule has 0 aliphatic carbocycles. The summed E-state index contributed by atoms with van der Waals surface area (Å²) in [4.78, 5) is 4.16. The third-order valence-electron chi connectivity index (χ3n) is 1.50. The fraction of sp³-hybridized carbons (Fsp3) is 0.714. The van der Waals surface area contributed by atoms with E-state index in [1.54, 1.807) is 0 Å². The van der Waals surface area contributed by atoms with Gasteiger partial charge >= 0.3 is 0 Å². The Morgan fingerprint density at radius 1 is 1.50 bits per heavy atom. The summed E-state index contributed by atoms with van der Waals surface area (Å²) in [6.45, 7) is 5.82. The first-order valence-electron chi connectivity index (χ1n) is 4.42. The molecular formula is C7H15N7. The van der Waals surface area contributed by atoms with E-state index in [2.05, 4.69) is 30.9 Å². The normalized spacial score (nSPS) is 14.4. The molecule has 0 fully saturated rings. The first-order chi connectivity index (χ1) is 6.59. The molecule has 1 heterocycles. The molecule has 1 aromatic rings. The lowest BCUT2D eigenvalue weighted by atomic mass is 10.3. The Balaban J connectivity index is 2.58. The maximum Gasteiger partial charge on any atom is 0.198 e. The molecule has 0 saturated heterocycles. The molecule has 7 nitrogen and oxygen atoms in total. The molecule has 0 radical (unpaired) electrons. The van der Waals surface area contributed by atoms with Gasteiger partial charge in [-0.2, -0.15) is 5.21 Å². The Bertz CT molecular complexity index is 289. The second-order valence-corrected chi connectivity index (χ2v) is 3.26. The van der Waals surface area contributed by atoms with Crippen LogP contribution in [-0.2, 0) is 0 Å². The summed E-state index contributed by atoms with van der Waals surface area (Å²) >= 11 is 0. The van der Waals surface area contributed by atoms with E-state index < -0.39 is 0 Å². The van der Waals surface area contributed by atoms with Crippen LogP contribution in [0, 0.1) is 0 Å². The van der Waals surface area contributed by atoms with E-state index in [0.717, 1.165) is 0 Å². The standard InChI is InChI=1S/C7H15N7/c1-4(2)9-7(8)10-5(3)6-11-13-14-12-6/h4-5H,1-3H3,(H3,8,9,10)(H,11,12,13,14). The van der Waals surface area contributed by atoms with Crippen LogP contribution in [0.25, 0.3) is 0 Å². The Kier molecular flexibility index (Phi) is 3.38. The smallest absolute Gasteiger partial charge is 0.198 e. The minimum Gasteiger partial charge on any atom is -0.370 e. The van der Waals surface area contributed by atoms with E-state index >= 15 is 0 Å². The predicted octanol–water partition coefficient (Wildman–Crippen LogP) is -0.427. The van der Waals surface area contributed by atoms with Crippen LogP contribution < -0.4 is 11.1 Å². The Morgan fingerprint density at radius 3 is 2.71 bits per heavy atom. The van der Waals surface area contributed by atoms with Gasteiger partial charge in [-0.05, 0) is 20.8 Å². The van der Waals surface area contributed by atoms with Crippen molar-refractivity contribution in [3.63, 3.8) is 0 Å². The van der Waals surface area contributed by atoms with Crippen LogP contribution in [0.1, 0.15) is 32.6 Å². The molecule has 0 saturated carbocycles. The third kappa shape index (κ3) is 3.00. The van der Waals surface area contributed by atoms with Gasteiger partial charge in [-0.1, -0.05) is 5.21 Å². The molecule has 0 spiro atoms. The van der Waals surface area contributed by atoms with Crippen molar-refractivity contribution in [3.8, 4) is 0 Å². The molecular weight excluding hydrogens is 182 g/mol. The van der Waals surface area contributed by atoms with E-state index in [4.69, 9.17) is 5.73 Å². The Hall–Kier alpha value is -1.66. The summed E-state index contributed by atoms with van der Waals surface area (Å²) in [5, 5.41) is 16.4. The number of hydrogen-bond acceptors (Lipinski definition) is 4. The summed E-state index contributed by atoms with van der Waals surface area (Å²) in [5.41, 5.74) is 5.63. The summed E-state index contributed by atoms with van der Waals surface area (Å²) in [6.07, 6.45) is 0. The first-order valence-corrected chi connectivity index (χ1v) is 4.42. The monoisotopic (exact) mass is 197 g/mol. The number of guanidine groups is 1. The molecule has 0 aliphatic rings. The van der Waals surface area contributed by atoms with Gasteiger partial charge in [0.25, 0.3) is 0 Å². The predicted molar refractivity (Wildman–Crippen MR) is 52.5 cm³/mol. The zero-order valence-corrected chi connectivity index (χ0v) is 8.52. The number of nitrogens with one attached hydrogen (secondary N) is 2. The van der Waals surface area contributed by atoms with Gasteiger partial charge in [0.1, 0.15) is 6.04 Å². The molecule has 1 aromatic heterocycles. The van der Waals surface area contributed by atoms with E-state index in [-0.39, 0.29) is 12.1 Å². The topological polar surface area (TPSA) is 105 Å². The van der Waals surface area contributed by atoms with Gasteiger partial charge in [0.2, 0.25) is 0 Å². The van der Waals surface area contributed by atoms with Gasteiger partial charge < -0.3 is 11.1 Å². The summed E-state index contributed by atoms with van der Waals surface area (Å²) < 4.78 is 0. The van der Waals surface area contributed by atoms with E-state index in [0.29, 0.717) is 11.8 Å². The molecule has 14 heavy (non-hydrogen) atoms. The molecule has 78 valence electrons. The maximum atomic E-state index is 5.63. The first kappa shape index (κ1) is 10.4. The van der Waals surface area contributed by atoms with Crippen molar-refractivity contribution in [2.75, 3.05) is 0 Å². The minimum absolute atomic E-state index is 0.194. The molecule has 1 unspecified atom stereocenters. The lowest BCUT2D eigenvalue weighted by molar-refractivity contribution is 0.695. The SMILES string of the molecule is CC(C)NC(N)=NC(C)c1nn[nH]n1. The van der Waals surface area contributed by atoms with Crippen LogP contribution in [0.15, 0.2) is 4.99 Å². The third-order valence-corrected chi connectivity index (χ3v) is 1.50. The zero-order chi connectivity index (χ0) is 10.6. The largest absolute Gasteiger partial charge is 0.370 e. The number of rotatable bonds is 3. The molecule has 0 amide bonds. The van der Waals surface area contributed by atoms with E-state index in [9.17, 15) is 0 Å². The fourth-order valence-electron chi connectivity index (χ4n) is 0.946. The van der Waals surface area contributed by atoms with Gasteiger partial charge in [0.15, 0.2) is 11.8 Å². The summed E-state index contributed by atoms with van der Waals surface area (Å²) in [5.74, 6) is 0.913. The highest BCUT2D eigenvalue weighted by Gasteiger charge is 2.08. The maximum absolute atomic E-state index is 5.63. The Morgan fingerprint density at radius 2 is 2.21 bits per heavy atom. The molecule has 1 atom stereocenters. The lowest BCUT2D eigenvalue weighted by Gasteiger charge is -2.09. The van der Waals surface area contributed by atoms with Crippen LogP contribution in [0.4, 0.5) is 0 Å². The summed E-state index contributed by atoms with van der Waals surface area (Å²) in [6, 6.07) is 0.0659. The highest BCUT2D eigenvalue weighted by molar-refractivity contribution is 5.78. The number of nitrogens with two attached hydrogens (primary N) is 1. The highest BCUT2D eigenvalue weighted by atomic mass is 15.5. The molecule has 0 bridgehead atoms. The Labute approximate surface area is 82.2 Å². The number of aliphatic imine (C=N–C) groups is 1. The average Bonchev–Trinajstić information content (AvgIpc) is 2.53. The average molecular weight is 197 g/mol. The lowest BCUT2D eigenvalue weighted by Crippen LogP contribution is -2.37. The number of hydrogen-bond donors (Lipinski definition) is 3. The van der Waals surface area contributed by atoms with Crippen molar-refractivity contribution in [1.29, 1.82) is 0 Å². The zero-order valence-electron chi connectivity index (χ0n) is 8.52. The van der Waals surface area contributed by atoms with Crippen molar-refractivity contribution in [2.24, 2.45) is 10.7 Å². The van der Waals surface area contributed by atoms with Crippen molar-refractivity contribution < 1.29 is 0 Å². The van der Waals surface area contributed by atoms with Gasteiger partial charge in [-0.3, -0.25) is 0 Å². The number of nitrogens with zero attached hydrogens (tertiary/aromatic N) is 4. The van der Waals surface area contributed by atoms with E-state index in [1.165, 1.54) is 0 Å². The van der Waals surface area contributed by atoms with Crippen LogP contribution >= 0.6 is 0 Å². The van der Waals surface area contributed by atoms with Crippen LogP contribution in [0.2, 0.25) is 0 Å². The number of H-pyrrole nitrogens is 1. The number of aromatic amines is 1. The molecule has 4 N–H and O–H groups in total. The van der Waals surface area contributed by atoms with Crippen molar-refractivity contribution >= 4 is 5.96 Å². The second-order valence-electron chi connectivity index (χ2n) is 3.26. The van der Waals surface area contributed by atoms with Gasteiger partial charge in [0, 0.05) is 6.04 Å². The highest BCUT2D eigenvalue weighted by Crippen LogP contribution is 2.08. The minimum atomic E-state index is -0.194. The number of aromatic nitrogens is 4. The summed E-state index contributed by atoms with van der Waals surface area (Å²) in [7, 11) is 0. The fourth-order valence-corrected chi connectivity index (χ4v) is 0.946. The van der Waals surface area contributed by atoms with Gasteiger partial charge in [-0.25, -0.2) is 4.99 Å². The van der Waals surface area contributed by atoms with Gasteiger partial charge in [-0.15, -0.1) is 10.2 Å².